The van der Waals surface area contributed by atoms with Crippen molar-refractivity contribution >= 4 is 62.4 Å². The first-order valence-corrected chi connectivity index (χ1v) is 9.36. The molecule has 0 saturated carbocycles. The van der Waals surface area contributed by atoms with Crippen LogP contribution in [-0.2, 0) is 19.1 Å². The van der Waals surface area contributed by atoms with Crippen LogP contribution in [0.5, 0.6) is 0 Å². The number of amides is 2. The summed E-state index contributed by atoms with van der Waals surface area (Å²) in [6.45, 7) is -0.530. The van der Waals surface area contributed by atoms with Crippen molar-refractivity contribution in [2.75, 3.05) is 17.2 Å². The Morgan fingerprint density at radius 3 is 2.52 bits per heavy atom. The molecule has 0 atom stereocenters. The number of nitro groups is 1. The molecule has 0 aliphatic heterocycles. The highest BCUT2D eigenvalue weighted by atomic mass is 79.9. The highest BCUT2D eigenvalue weighted by Gasteiger charge is 2.13. The SMILES string of the molecule is O=C(CCC(=O)OCC(=O)Nc1ccc(Br)cc1Cl)Nc1cccc([N+](=O)[O-])c1. The summed E-state index contributed by atoms with van der Waals surface area (Å²) in [5, 5.41) is 16.0. The fourth-order valence-corrected chi connectivity index (χ4v) is 2.85. The normalized spacial score (nSPS) is 10.1. The average molecular weight is 485 g/mol. The second-order valence-electron chi connectivity index (χ2n) is 5.69. The van der Waals surface area contributed by atoms with Gasteiger partial charge in [0.05, 0.1) is 22.1 Å². The van der Waals surface area contributed by atoms with Gasteiger partial charge in [-0.2, -0.15) is 0 Å². The van der Waals surface area contributed by atoms with Gasteiger partial charge in [-0.15, -0.1) is 0 Å². The molecule has 2 rings (SSSR count). The van der Waals surface area contributed by atoms with Gasteiger partial charge in [-0.3, -0.25) is 24.5 Å². The first-order valence-electron chi connectivity index (χ1n) is 8.19. The number of halogens is 2. The number of hydrogen-bond donors (Lipinski definition) is 2. The van der Waals surface area contributed by atoms with E-state index in [9.17, 15) is 24.5 Å². The summed E-state index contributed by atoms with van der Waals surface area (Å²) in [6.07, 6.45) is -0.464. The highest BCUT2D eigenvalue weighted by Crippen LogP contribution is 2.25. The van der Waals surface area contributed by atoms with Crippen LogP contribution in [0, 0.1) is 10.1 Å². The summed E-state index contributed by atoms with van der Waals surface area (Å²) < 4.78 is 5.56. The number of esters is 1. The molecule has 0 spiro atoms. The molecular weight excluding hydrogens is 470 g/mol. The molecule has 0 unspecified atom stereocenters. The lowest BCUT2D eigenvalue weighted by molar-refractivity contribution is -0.384. The Morgan fingerprint density at radius 2 is 1.83 bits per heavy atom. The summed E-state index contributed by atoms with van der Waals surface area (Å²) in [7, 11) is 0. The third kappa shape index (κ3) is 7.51. The van der Waals surface area contributed by atoms with Crippen LogP contribution in [0.2, 0.25) is 5.02 Å². The number of carbonyl (C=O) groups is 3. The number of nitro benzene ring substituents is 1. The van der Waals surface area contributed by atoms with E-state index in [0.717, 1.165) is 4.47 Å². The Balaban J connectivity index is 1.73. The maximum Gasteiger partial charge on any atom is 0.306 e. The zero-order valence-electron chi connectivity index (χ0n) is 14.8. The quantitative estimate of drug-likeness (QED) is 0.332. The third-order valence-corrected chi connectivity index (χ3v) is 4.27. The van der Waals surface area contributed by atoms with E-state index in [2.05, 4.69) is 26.6 Å². The summed E-state index contributed by atoms with van der Waals surface area (Å²) >= 11 is 9.22. The van der Waals surface area contributed by atoms with Gasteiger partial charge < -0.3 is 15.4 Å². The molecule has 152 valence electrons. The molecule has 2 N–H and O–H groups in total. The maximum absolute atomic E-state index is 11.9. The number of ether oxygens (including phenoxy) is 1. The number of benzene rings is 2. The van der Waals surface area contributed by atoms with Crippen molar-refractivity contribution in [3.63, 3.8) is 0 Å². The van der Waals surface area contributed by atoms with Gasteiger partial charge in [0.25, 0.3) is 11.6 Å². The first kappa shape index (κ1) is 22.3. The van der Waals surface area contributed by atoms with Crippen LogP contribution in [0.1, 0.15) is 12.8 Å². The van der Waals surface area contributed by atoms with E-state index in [0.29, 0.717) is 10.7 Å². The Kier molecular flexibility index (Phi) is 8.10. The van der Waals surface area contributed by atoms with Gasteiger partial charge in [-0.25, -0.2) is 0 Å². The fourth-order valence-electron chi connectivity index (χ4n) is 2.13. The minimum Gasteiger partial charge on any atom is -0.456 e. The Morgan fingerprint density at radius 1 is 1.07 bits per heavy atom. The van der Waals surface area contributed by atoms with E-state index >= 15 is 0 Å². The van der Waals surface area contributed by atoms with Crippen LogP contribution in [0.4, 0.5) is 17.1 Å². The summed E-state index contributed by atoms with van der Waals surface area (Å²) in [5.74, 6) is -1.84. The van der Waals surface area contributed by atoms with Gasteiger partial charge >= 0.3 is 5.97 Å². The largest absolute Gasteiger partial charge is 0.456 e. The molecule has 9 nitrogen and oxygen atoms in total. The minimum absolute atomic E-state index is 0.168. The van der Waals surface area contributed by atoms with Crippen LogP contribution < -0.4 is 10.6 Å². The number of nitrogens with zero attached hydrogens (tertiary/aromatic N) is 1. The monoisotopic (exact) mass is 483 g/mol. The highest BCUT2D eigenvalue weighted by molar-refractivity contribution is 9.10. The second-order valence-corrected chi connectivity index (χ2v) is 7.01. The van der Waals surface area contributed by atoms with E-state index in [-0.39, 0.29) is 24.2 Å². The molecule has 2 aromatic rings. The molecular formula is C18H15BrClN3O6. The van der Waals surface area contributed by atoms with E-state index in [1.165, 1.54) is 24.3 Å². The van der Waals surface area contributed by atoms with Crippen molar-refractivity contribution in [3.8, 4) is 0 Å². The van der Waals surface area contributed by atoms with Gasteiger partial charge in [-0.1, -0.05) is 33.6 Å². The van der Waals surface area contributed by atoms with Gasteiger partial charge in [0, 0.05) is 28.7 Å². The van der Waals surface area contributed by atoms with Crippen molar-refractivity contribution < 1.29 is 24.0 Å². The smallest absolute Gasteiger partial charge is 0.306 e. The van der Waals surface area contributed by atoms with Crippen LogP contribution in [0.25, 0.3) is 0 Å². The molecule has 0 saturated heterocycles. The van der Waals surface area contributed by atoms with Crippen molar-refractivity contribution in [1.29, 1.82) is 0 Å². The Hall–Kier alpha value is -2.98. The Bertz CT molecular complexity index is 953. The van der Waals surface area contributed by atoms with E-state index < -0.39 is 29.3 Å². The first-order chi connectivity index (χ1) is 13.7. The van der Waals surface area contributed by atoms with Crippen LogP contribution in [0.3, 0.4) is 0 Å². The molecule has 11 heteroatoms. The zero-order valence-corrected chi connectivity index (χ0v) is 17.2. The van der Waals surface area contributed by atoms with Crippen molar-refractivity contribution in [2.24, 2.45) is 0 Å². The molecule has 2 amide bonds. The maximum atomic E-state index is 11.9. The van der Waals surface area contributed by atoms with Gasteiger partial charge in [0.2, 0.25) is 5.91 Å². The standard InChI is InChI=1S/C18H15BrClN3O6/c19-11-4-5-15(14(20)8-11)22-17(25)10-29-18(26)7-6-16(24)21-12-2-1-3-13(9-12)23(27)28/h1-5,8-9H,6-7,10H2,(H,21,24)(H,22,25). The predicted octanol–water partition coefficient (Wildman–Crippen LogP) is 3.91. The number of carbonyl (C=O) groups excluding carboxylic acids is 3. The summed E-state index contributed by atoms with van der Waals surface area (Å²) in [6, 6.07) is 10.3. The molecule has 0 heterocycles. The van der Waals surface area contributed by atoms with Crippen molar-refractivity contribution in [2.45, 2.75) is 12.8 Å². The average Bonchev–Trinajstić information content (AvgIpc) is 2.67. The van der Waals surface area contributed by atoms with Crippen molar-refractivity contribution in [3.05, 3.63) is 62.1 Å². The summed E-state index contributed by atoms with van der Waals surface area (Å²) in [5.41, 5.74) is 0.440. The van der Waals surface area contributed by atoms with Crippen LogP contribution >= 0.6 is 27.5 Å². The van der Waals surface area contributed by atoms with Crippen LogP contribution in [0.15, 0.2) is 46.9 Å². The van der Waals surface area contributed by atoms with E-state index in [1.54, 1.807) is 18.2 Å². The molecule has 0 fully saturated rings. The third-order valence-electron chi connectivity index (χ3n) is 3.47. The Labute approximate surface area is 178 Å². The zero-order chi connectivity index (χ0) is 21.4. The molecule has 0 bridgehead atoms. The number of hydrogen-bond acceptors (Lipinski definition) is 6. The second kappa shape index (κ2) is 10.5. The minimum atomic E-state index is -0.740. The molecule has 0 aromatic heterocycles. The van der Waals surface area contributed by atoms with E-state index in [1.807, 2.05) is 0 Å². The van der Waals surface area contributed by atoms with Crippen LogP contribution in [-0.4, -0.2) is 29.3 Å². The lowest BCUT2D eigenvalue weighted by atomic mass is 10.2. The lowest BCUT2D eigenvalue weighted by Crippen LogP contribution is -2.22. The fraction of sp³-hybridized carbons (Fsp3) is 0.167. The molecule has 0 aliphatic carbocycles. The predicted molar refractivity (Wildman–Crippen MR) is 110 cm³/mol. The molecule has 2 aromatic carbocycles. The topological polar surface area (TPSA) is 128 Å². The van der Waals surface area contributed by atoms with Gasteiger partial charge in [-0.05, 0) is 24.3 Å². The van der Waals surface area contributed by atoms with Gasteiger partial charge in [0.15, 0.2) is 6.61 Å². The number of rotatable bonds is 8. The number of non-ortho nitro benzene ring substituents is 1. The van der Waals surface area contributed by atoms with Gasteiger partial charge in [0.1, 0.15) is 0 Å². The van der Waals surface area contributed by atoms with Crippen molar-refractivity contribution in [1.82, 2.24) is 0 Å². The summed E-state index contributed by atoms with van der Waals surface area (Å²) in [4.78, 5) is 45.5. The number of nitrogens with one attached hydrogen (secondary N) is 2. The number of anilines is 2. The molecule has 0 radical (unpaired) electrons. The molecule has 0 aliphatic rings. The lowest BCUT2D eigenvalue weighted by Gasteiger charge is -2.08. The van der Waals surface area contributed by atoms with E-state index in [4.69, 9.17) is 16.3 Å². The molecule has 29 heavy (non-hydrogen) atoms.